The van der Waals surface area contributed by atoms with E-state index < -0.39 is 6.10 Å². The Kier molecular flexibility index (Phi) is 6.77. The van der Waals surface area contributed by atoms with Gasteiger partial charge in [-0.25, -0.2) is 9.97 Å². The molecule has 0 spiro atoms. The molecule has 1 aliphatic heterocycles. The minimum atomic E-state index is -0.703. The van der Waals surface area contributed by atoms with Gasteiger partial charge in [-0.2, -0.15) is 0 Å². The second-order valence-corrected chi connectivity index (χ2v) is 9.51. The Hall–Kier alpha value is -2.98. The zero-order valence-electron chi connectivity index (χ0n) is 19.0. The molecule has 0 radical (unpaired) electrons. The number of methoxy groups -OCH3 is 1. The number of nitrogens with one attached hydrogen (secondary N) is 1. The zero-order chi connectivity index (χ0) is 23.5. The molecule has 4 heterocycles. The van der Waals surface area contributed by atoms with Crippen molar-refractivity contribution in [2.45, 2.75) is 31.5 Å². The molecule has 8 nitrogen and oxygen atoms in total. The van der Waals surface area contributed by atoms with Gasteiger partial charge in [0.2, 0.25) is 0 Å². The molecule has 1 fully saturated rings. The van der Waals surface area contributed by atoms with Gasteiger partial charge in [0.25, 0.3) is 4.74 Å². The molecule has 5 rings (SSSR count). The first-order valence-corrected chi connectivity index (χ1v) is 12.2. The average molecular weight is 478 g/mol. The third kappa shape index (κ3) is 4.92. The lowest BCUT2D eigenvalue weighted by atomic mass is 10.00. The van der Waals surface area contributed by atoms with Gasteiger partial charge in [0, 0.05) is 24.5 Å². The molecular formula is C25H27N5O3S. The van der Waals surface area contributed by atoms with Crippen LogP contribution in [0.15, 0.2) is 53.6 Å². The molecule has 1 saturated heterocycles. The van der Waals surface area contributed by atoms with E-state index in [1.807, 2.05) is 36.4 Å². The van der Waals surface area contributed by atoms with Gasteiger partial charge >= 0.3 is 0 Å². The van der Waals surface area contributed by atoms with E-state index in [0.717, 1.165) is 64.9 Å². The van der Waals surface area contributed by atoms with E-state index in [0.29, 0.717) is 29.7 Å². The Bertz CT molecular complexity index is 1360. The fourth-order valence-corrected chi connectivity index (χ4v) is 5.26. The van der Waals surface area contributed by atoms with E-state index in [1.54, 1.807) is 13.3 Å². The quantitative estimate of drug-likeness (QED) is 0.419. The maximum Gasteiger partial charge on any atom is 0.252 e. The SMILES string of the molecule is COc1cnc2cccc([C@@H](O)CN(Cc3ccc4ncc(=O)sc4n3)C3CCNCC3)c2c1. The number of hydrogen-bond acceptors (Lipinski definition) is 9. The zero-order valence-corrected chi connectivity index (χ0v) is 19.8. The lowest BCUT2D eigenvalue weighted by Crippen LogP contribution is -2.44. The molecule has 0 bridgehead atoms. The third-order valence-corrected chi connectivity index (χ3v) is 7.13. The predicted molar refractivity (Wildman–Crippen MR) is 133 cm³/mol. The number of aromatic nitrogens is 3. The Labute approximate surface area is 201 Å². The molecule has 9 heteroatoms. The van der Waals surface area contributed by atoms with Crippen molar-refractivity contribution in [2.24, 2.45) is 0 Å². The van der Waals surface area contributed by atoms with Crippen LogP contribution in [0.25, 0.3) is 21.3 Å². The van der Waals surface area contributed by atoms with E-state index in [9.17, 15) is 9.90 Å². The van der Waals surface area contributed by atoms with Crippen LogP contribution >= 0.6 is 11.3 Å². The van der Waals surface area contributed by atoms with Crippen molar-refractivity contribution >= 4 is 32.6 Å². The fraction of sp³-hybridized carbons (Fsp3) is 0.360. The summed E-state index contributed by atoms with van der Waals surface area (Å²) >= 11 is 1.11. The second-order valence-electron chi connectivity index (χ2n) is 8.52. The highest BCUT2D eigenvalue weighted by Gasteiger charge is 2.25. The van der Waals surface area contributed by atoms with Crippen LogP contribution in [-0.2, 0) is 6.54 Å². The van der Waals surface area contributed by atoms with Gasteiger partial charge < -0.3 is 15.2 Å². The number of nitrogens with zero attached hydrogens (tertiary/aromatic N) is 4. The van der Waals surface area contributed by atoms with Gasteiger partial charge in [0.05, 0.1) is 42.3 Å². The lowest BCUT2D eigenvalue weighted by Gasteiger charge is -2.36. The number of rotatable bonds is 7. The largest absolute Gasteiger partial charge is 0.495 e. The van der Waals surface area contributed by atoms with Crippen molar-refractivity contribution in [1.82, 2.24) is 25.2 Å². The van der Waals surface area contributed by atoms with Crippen molar-refractivity contribution in [1.29, 1.82) is 0 Å². The number of piperidine rings is 1. The molecule has 1 atom stereocenters. The molecule has 0 aliphatic carbocycles. The molecule has 2 N–H and O–H groups in total. The van der Waals surface area contributed by atoms with Crippen LogP contribution in [0.3, 0.4) is 0 Å². The Morgan fingerprint density at radius 2 is 2.00 bits per heavy atom. The first kappa shape index (κ1) is 22.8. The van der Waals surface area contributed by atoms with Crippen LogP contribution in [0.4, 0.5) is 0 Å². The summed E-state index contributed by atoms with van der Waals surface area (Å²) < 4.78 is 5.25. The summed E-state index contributed by atoms with van der Waals surface area (Å²) in [6.45, 7) is 2.94. The van der Waals surface area contributed by atoms with Crippen molar-refractivity contribution < 1.29 is 9.84 Å². The highest BCUT2D eigenvalue weighted by atomic mass is 32.1. The van der Waals surface area contributed by atoms with Crippen molar-refractivity contribution in [3.63, 3.8) is 0 Å². The van der Waals surface area contributed by atoms with E-state index in [2.05, 4.69) is 20.2 Å². The smallest absolute Gasteiger partial charge is 0.252 e. The van der Waals surface area contributed by atoms with Crippen LogP contribution < -0.4 is 14.8 Å². The third-order valence-electron chi connectivity index (χ3n) is 6.33. The van der Waals surface area contributed by atoms with E-state index in [-0.39, 0.29) is 4.74 Å². The number of aliphatic hydroxyl groups is 1. The van der Waals surface area contributed by atoms with Crippen molar-refractivity contribution in [3.8, 4) is 5.75 Å². The molecule has 0 unspecified atom stereocenters. The summed E-state index contributed by atoms with van der Waals surface area (Å²) in [4.78, 5) is 28.1. The normalized spacial score (nSPS) is 15.7. The van der Waals surface area contributed by atoms with Gasteiger partial charge in [-0.1, -0.05) is 23.5 Å². The topological polar surface area (TPSA) is 100 Å². The lowest BCUT2D eigenvalue weighted by molar-refractivity contribution is 0.0698. The summed E-state index contributed by atoms with van der Waals surface area (Å²) in [5, 5.41) is 15.7. The Balaban J connectivity index is 1.45. The van der Waals surface area contributed by atoms with Gasteiger partial charge in [0.15, 0.2) is 0 Å². The minimum Gasteiger partial charge on any atom is -0.495 e. The van der Waals surface area contributed by atoms with Crippen molar-refractivity contribution in [2.75, 3.05) is 26.7 Å². The molecule has 34 heavy (non-hydrogen) atoms. The second kappa shape index (κ2) is 10.1. The number of fused-ring (bicyclic) bond motifs is 2. The van der Waals surface area contributed by atoms with E-state index in [4.69, 9.17) is 9.72 Å². The molecule has 3 aromatic heterocycles. The maximum absolute atomic E-state index is 11.8. The molecule has 0 amide bonds. The van der Waals surface area contributed by atoms with Crippen LogP contribution in [0.5, 0.6) is 5.75 Å². The van der Waals surface area contributed by atoms with Gasteiger partial charge in [-0.15, -0.1) is 0 Å². The Morgan fingerprint density at radius 3 is 2.82 bits per heavy atom. The molecule has 4 aromatic rings. The van der Waals surface area contributed by atoms with Gasteiger partial charge in [0.1, 0.15) is 10.6 Å². The Morgan fingerprint density at radius 1 is 1.18 bits per heavy atom. The van der Waals surface area contributed by atoms with Crippen LogP contribution in [0.1, 0.15) is 30.2 Å². The monoisotopic (exact) mass is 477 g/mol. The maximum atomic E-state index is 11.8. The first-order chi connectivity index (χ1) is 16.6. The number of pyridine rings is 2. The minimum absolute atomic E-state index is 0.109. The standard InChI is InChI=1S/C25H27N5O3S/c1-33-18-11-20-19(3-2-4-21(20)27-12-18)23(31)15-30(17-7-9-26-10-8-17)14-16-5-6-22-25(29-16)34-24(32)13-28-22/h2-6,11-13,17,23,26,31H,7-10,14-15H2,1H3/t23-/m0/s1. The number of benzene rings is 1. The summed E-state index contributed by atoms with van der Waals surface area (Å²) in [5.74, 6) is 0.662. The van der Waals surface area contributed by atoms with Gasteiger partial charge in [-0.3, -0.25) is 14.7 Å². The number of aliphatic hydroxyl groups excluding tert-OH is 1. The molecule has 1 aromatic carbocycles. The summed E-state index contributed by atoms with van der Waals surface area (Å²) in [7, 11) is 1.61. The summed E-state index contributed by atoms with van der Waals surface area (Å²) in [5.41, 5.74) is 3.24. The molecule has 1 aliphatic rings. The highest BCUT2D eigenvalue weighted by Crippen LogP contribution is 2.28. The van der Waals surface area contributed by atoms with Crippen molar-refractivity contribution in [3.05, 3.63) is 69.6 Å². The van der Waals surface area contributed by atoms with Crippen LogP contribution in [-0.4, -0.2) is 57.7 Å². The van der Waals surface area contributed by atoms with Crippen LogP contribution in [0, 0.1) is 0 Å². The molecular weight excluding hydrogens is 450 g/mol. The summed E-state index contributed by atoms with van der Waals surface area (Å²) in [6.07, 6.45) is 4.32. The summed E-state index contributed by atoms with van der Waals surface area (Å²) in [6, 6.07) is 11.9. The van der Waals surface area contributed by atoms with E-state index in [1.165, 1.54) is 6.20 Å². The molecule has 176 valence electrons. The van der Waals surface area contributed by atoms with E-state index >= 15 is 0 Å². The number of hydrogen-bond donors (Lipinski definition) is 2. The first-order valence-electron chi connectivity index (χ1n) is 11.4. The van der Waals surface area contributed by atoms with Crippen LogP contribution in [0.2, 0.25) is 0 Å². The molecule has 0 saturated carbocycles. The number of ether oxygens (including phenoxy) is 1. The fourth-order valence-electron chi connectivity index (χ4n) is 4.57. The highest BCUT2D eigenvalue weighted by molar-refractivity contribution is 7.15. The average Bonchev–Trinajstić information content (AvgIpc) is 2.87. The predicted octanol–water partition coefficient (Wildman–Crippen LogP) is 2.90. The van der Waals surface area contributed by atoms with Gasteiger partial charge in [-0.05, 0) is 55.8 Å².